The van der Waals surface area contributed by atoms with Crippen LogP contribution in [0.4, 0.5) is 0 Å². The zero-order valence-corrected chi connectivity index (χ0v) is 12.7. The first kappa shape index (κ1) is 13.2. The highest BCUT2D eigenvalue weighted by molar-refractivity contribution is 7.71. The van der Waals surface area contributed by atoms with Gasteiger partial charge in [0.1, 0.15) is 0 Å². The molecule has 3 rings (SSSR count). The van der Waals surface area contributed by atoms with Crippen LogP contribution in [0.15, 0.2) is 18.2 Å². The summed E-state index contributed by atoms with van der Waals surface area (Å²) in [6, 6.07) is 6.46. The Kier molecular flexibility index (Phi) is 3.68. The molecule has 2 nitrogen and oxygen atoms in total. The molecule has 0 aliphatic heterocycles. The van der Waals surface area contributed by atoms with Gasteiger partial charge in [-0.25, -0.2) is 0 Å². The fourth-order valence-corrected chi connectivity index (χ4v) is 3.97. The largest absolute Gasteiger partial charge is 0.331 e. The van der Waals surface area contributed by atoms with Gasteiger partial charge in [-0.3, -0.25) is 0 Å². The van der Waals surface area contributed by atoms with Gasteiger partial charge in [0.2, 0.25) is 0 Å². The third kappa shape index (κ3) is 2.34. The molecule has 102 valence electrons. The molecule has 1 aliphatic rings. The zero-order valence-electron chi connectivity index (χ0n) is 11.2. The van der Waals surface area contributed by atoms with Crippen molar-refractivity contribution in [1.29, 1.82) is 0 Å². The molecule has 0 saturated heterocycles. The van der Waals surface area contributed by atoms with Crippen molar-refractivity contribution in [2.75, 3.05) is 0 Å². The number of aromatic amines is 1. The summed E-state index contributed by atoms with van der Waals surface area (Å²) in [4.78, 5) is 3.29. The summed E-state index contributed by atoms with van der Waals surface area (Å²) in [6.07, 6.45) is 6.35. The van der Waals surface area contributed by atoms with E-state index in [1.165, 1.54) is 32.1 Å². The third-order valence-electron chi connectivity index (χ3n) is 4.39. The van der Waals surface area contributed by atoms with Crippen LogP contribution in [-0.4, -0.2) is 9.55 Å². The number of nitrogens with zero attached hydrogens (tertiary/aromatic N) is 1. The molecular weight excluding hydrogens is 276 g/mol. The Hall–Kier alpha value is -0.800. The lowest BCUT2D eigenvalue weighted by molar-refractivity contribution is 0.264. The summed E-state index contributed by atoms with van der Waals surface area (Å²) < 4.78 is 3.07. The molecule has 1 heterocycles. The van der Waals surface area contributed by atoms with Gasteiger partial charge in [0.25, 0.3) is 0 Å². The van der Waals surface area contributed by atoms with Gasteiger partial charge in [-0.05, 0) is 43.1 Å². The molecule has 0 bridgehead atoms. The second-order valence-corrected chi connectivity index (χ2v) is 6.32. The minimum absolute atomic E-state index is 0.500. The molecule has 4 heteroatoms. The number of imidazole rings is 1. The molecule has 19 heavy (non-hydrogen) atoms. The van der Waals surface area contributed by atoms with Crippen LogP contribution in [0.5, 0.6) is 0 Å². The van der Waals surface area contributed by atoms with Gasteiger partial charge in [0, 0.05) is 6.04 Å². The molecule has 1 aromatic carbocycles. The fourth-order valence-electron chi connectivity index (χ4n) is 3.35. The Balaban J connectivity index is 2.09. The Morgan fingerprint density at radius 1 is 1.42 bits per heavy atom. The molecule has 0 amide bonds. The number of hydrogen-bond donors (Lipinski definition) is 1. The van der Waals surface area contributed by atoms with Gasteiger partial charge in [0.05, 0.1) is 16.1 Å². The highest BCUT2D eigenvalue weighted by Gasteiger charge is 2.24. The van der Waals surface area contributed by atoms with E-state index < -0.39 is 0 Å². The van der Waals surface area contributed by atoms with Crippen LogP contribution in [0.1, 0.15) is 45.1 Å². The van der Waals surface area contributed by atoms with Crippen molar-refractivity contribution >= 4 is 34.9 Å². The maximum Gasteiger partial charge on any atom is 0.178 e. The number of rotatable bonds is 2. The van der Waals surface area contributed by atoms with Gasteiger partial charge in [0.15, 0.2) is 4.77 Å². The number of hydrogen-bond acceptors (Lipinski definition) is 1. The van der Waals surface area contributed by atoms with Gasteiger partial charge in [-0.2, -0.15) is 0 Å². The first-order valence-electron chi connectivity index (χ1n) is 7.09. The van der Waals surface area contributed by atoms with Gasteiger partial charge in [-0.15, -0.1) is 0 Å². The summed E-state index contributed by atoms with van der Waals surface area (Å²) in [5.74, 6) is 0.827. The monoisotopic (exact) mass is 294 g/mol. The van der Waals surface area contributed by atoms with Gasteiger partial charge >= 0.3 is 0 Å². The number of halogens is 1. The predicted molar refractivity (Wildman–Crippen MR) is 83.4 cm³/mol. The van der Waals surface area contributed by atoms with Crippen LogP contribution in [0.2, 0.25) is 5.02 Å². The van der Waals surface area contributed by atoms with Crippen LogP contribution >= 0.6 is 23.8 Å². The van der Waals surface area contributed by atoms with Crippen molar-refractivity contribution in [3.05, 3.63) is 28.0 Å². The zero-order chi connectivity index (χ0) is 13.4. The Morgan fingerprint density at radius 2 is 2.26 bits per heavy atom. The highest BCUT2D eigenvalue weighted by atomic mass is 35.5. The second-order valence-electron chi connectivity index (χ2n) is 5.53. The normalized spacial score (nSPS) is 23.9. The van der Waals surface area contributed by atoms with E-state index in [4.69, 9.17) is 23.8 Å². The summed E-state index contributed by atoms with van der Waals surface area (Å²) in [6.45, 7) is 2.29. The van der Waals surface area contributed by atoms with Gasteiger partial charge in [-0.1, -0.05) is 43.9 Å². The summed E-state index contributed by atoms with van der Waals surface area (Å²) in [7, 11) is 0. The van der Waals surface area contributed by atoms with Crippen molar-refractivity contribution in [2.45, 2.75) is 45.1 Å². The number of aromatic nitrogens is 2. The highest BCUT2D eigenvalue weighted by Crippen LogP contribution is 2.37. The average molecular weight is 295 g/mol. The molecule has 0 radical (unpaired) electrons. The lowest BCUT2D eigenvalue weighted by Gasteiger charge is -2.30. The van der Waals surface area contributed by atoms with E-state index >= 15 is 0 Å². The molecule has 1 N–H and O–H groups in total. The molecular formula is C15H19ClN2S. The topological polar surface area (TPSA) is 20.7 Å². The van der Waals surface area contributed by atoms with E-state index in [-0.39, 0.29) is 0 Å². The van der Waals surface area contributed by atoms with Crippen molar-refractivity contribution in [3.8, 4) is 0 Å². The number of nitrogens with one attached hydrogen (secondary N) is 1. The Morgan fingerprint density at radius 3 is 3.05 bits per heavy atom. The summed E-state index contributed by atoms with van der Waals surface area (Å²) in [5, 5.41) is 0.795. The lowest BCUT2D eigenvalue weighted by atomic mass is 9.84. The molecule has 1 saturated carbocycles. The Labute approximate surface area is 123 Å². The van der Waals surface area contributed by atoms with Crippen molar-refractivity contribution in [2.24, 2.45) is 5.92 Å². The van der Waals surface area contributed by atoms with Crippen molar-refractivity contribution in [3.63, 3.8) is 0 Å². The molecule has 1 aliphatic carbocycles. The van der Waals surface area contributed by atoms with Crippen LogP contribution in [0, 0.1) is 10.7 Å². The fraction of sp³-hybridized carbons (Fsp3) is 0.533. The first-order chi connectivity index (χ1) is 9.20. The minimum atomic E-state index is 0.500. The summed E-state index contributed by atoms with van der Waals surface area (Å²) >= 11 is 11.9. The number of H-pyrrole nitrogens is 1. The van der Waals surface area contributed by atoms with Crippen LogP contribution < -0.4 is 0 Å². The third-order valence-corrected chi connectivity index (χ3v) is 4.99. The maximum absolute atomic E-state index is 6.38. The number of fused-ring (bicyclic) bond motifs is 1. The standard InChI is InChI=1S/C15H19ClN2S/c1-2-10-5-3-6-11(9-10)18-14-12(16)7-4-8-13(14)17-15(18)19/h4,7-8,10-11H,2-3,5-6,9H2,1H3,(H,17,19). The van der Waals surface area contributed by atoms with Crippen LogP contribution in [-0.2, 0) is 0 Å². The smallest absolute Gasteiger partial charge is 0.178 e. The van der Waals surface area contributed by atoms with E-state index in [9.17, 15) is 0 Å². The lowest BCUT2D eigenvalue weighted by Crippen LogP contribution is -2.19. The molecule has 1 fully saturated rings. The average Bonchev–Trinajstić information content (AvgIpc) is 2.76. The Bertz CT molecular complexity index is 643. The van der Waals surface area contributed by atoms with E-state index in [0.717, 1.165) is 26.7 Å². The molecule has 2 unspecified atom stereocenters. The van der Waals surface area contributed by atoms with Crippen LogP contribution in [0.25, 0.3) is 11.0 Å². The van der Waals surface area contributed by atoms with Crippen molar-refractivity contribution in [1.82, 2.24) is 9.55 Å². The number of benzene rings is 1. The maximum atomic E-state index is 6.38. The minimum Gasteiger partial charge on any atom is -0.331 e. The first-order valence-corrected chi connectivity index (χ1v) is 7.88. The van der Waals surface area contributed by atoms with E-state index in [1.807, 2.05) is 18.2 Å². The molecule has 1 aromatic heterocycles. The van der Waals surface area contributed by atoms with Crippen LogP contribution in [0.3, 0.4) is 0 Å². The van der Waals surface area contributed by atoms with E-state index in [2.05, 4.69) is 16.5 Å². The predicted octanol–water partition coefficient (Wildman–Crippen LogP) is 5.49. The number of para-hydroxylation sites is 1. The van der Waals surface area contributed by atoms with Crippen molar-refractivity contribution < 1.29 is 0 Å². The van der Waals surface area contributed by atoms with E-state index in [0.29, 0.717) is 6.04 Å². The SMILES string of the molecule is CCC1CCCC(n2c(=S)[nH]c3cccc(Cl)c32)C1. The quantitative estimate of drug-likeness (QED) is 0.726. The van der Waals surface area contributed by atoms with E-state index in [1.54, 1.807) is 0 Å². The second kappa shape index (κ2) is 5.29. The molecule has 2 atom stereocenters. The molecule has 2 aromatic rings. The summed E-state index contributed by atoms with van der Waals surface area (Å²) in [5.41, 5.74) is 2.13. The molecule has 0 spiro atoms. The van der Waals surface area contributed by atoms with Gasteiger partial charge < -0.3 is 9.55 Å².